The zero-order valence-corrected chi connectivity index (χ0v) is 8.53. The summed E-state index contributed by atoms with van der Waals surface area (Å²) in [5.41, 5.74) is 7.56. The highest BCUT2D eigenvalue weighted by molar-refractivity contribution is 5.90. The van der Waals surface area contributed by atoms with Crippen LogP contribution in [-0.2, 0) is 9.59 Å². The third kappa shape index (κ3) is 6.49. The van der Waals surface area contributed by atoms with E-state index in [9.17, 15) is 9.59 Å². The Morgan fingerprint density at radius 1 is 1.53 bits per heavy atom. The first kappa shape index (κ1) is 13.4. The topological polar surface area (TPSA) is 92.4 Å². The molecule has 84 valence electrons. The predicted octanol–water partition coefficient (Wildman–Crippen LogP) is 0.0259. The third-order valence-corrected chi connectivity index (χ3v) is 1.79. The van der Waals surface area contributed by atoms with Gasteiger partial charge in [0.2, 0.25) is 0 Å². The number of carbonyl (C=O) groups excluding carboxylic acids is 1. The van der Waals surface area contributed by atoms with Crippen LogP contribution in [-0.4, -0.2) is 29.6 Å². The van der Waals surface area contributed by atoms with Crippen molar-refractivity contribution in [1.29, 1.82) is 0 Å². The highest BCUT2D eigenvalue weighted by Gasteiger charge is 2.17. The molecule has 0 rings (SSSR count). The minimum atomic E-state index is -1.04. The second-order valence-electron chi connectivity index (χ2n) is 3.03. The summed E-state index contributed by atoms with van der Waals surface area (Å²) in [6, 6.07) is -0.867. The quantitative estimate of drug-likeness (QED) is 0.315. The molecule has 15 heavy (non-hydrogen) atoms. The molecule has 5 nitrogen and oxygen atoms in total. The Morgan fingerprint density at radius 3 is 2.67 bits per heavy atom. The summed E-state index contributed by atoms with van der Waals surface area (Å²) < 4.78 is 0. The van der Waals surface area contributed by atoms with E-state index in [0.29, 0.717) is 19.4 Å². The first-order chi connectivity index (χ1) is 7.11. The molecule has 0 saturated carbocycles. The second kappa shape index (κ2) is 7.79. The first-order valence-corrected chi connectivity index (χ1v) is 4.71. The molecule has 0 aromatic rings. The van der Waals surface area contributed by atoms with Crippen LogP contribution in [0, 0.1) is 0 Å². The van der Waals surface area contributed by atoms with E-state index in [1.807, 2.05) is 0 Å². The van der Waals surface area contributed by atoms with Crippen LogP contribution in [0.3, 0.4) is 0 Å². The van der Waals surface area contributed by atoms with Gasteiger partial charge >= 0.3 is 5.97 Å². The minimum absolute atomic E-state index is 0.378. The highest BCUT2D eigenvalue weighted by atomic mass is 16.4. The number of rotatable bonds is 7. The molecule has 0 heterocycles. The van der Waals surface area contributed by atoms with Crippen LogP contribution in [0.25, 0.3) is 0 Å². The van der Waals surface area contributed by atoms with Crippen molar-refractivity contribution in [3.05, 3.63) is 18.4 Å². The van der Waals surface area contributed by atoms with Gasteiger partial charge in [-0.25, -0.2) is 4.79 Å². The van der Waals surface area contributed by atoms with Gasteiger partial charge in [0, 0.05) is 6.08 Å². The van der Waals surface area contributed by atoms with Gasteiger partial charge in [-0.2, -0.15) is 0 Å². The average molecular weight is 212 g/mol. The largest absolute Gasteiger partial charge is 0.480 e. The Labute approximate surface area is 88.7 Å². The number of carbonyl (C=O) groups is 2. The van der Waals surface area contributed by atoms with Crippen molar-refractivity contribution in [3.63, 3.8) is 0 Å². The van der Waals surface area contributed by atoms with E-state index in [-0.39, 0.29) is 0 Å². The van der Waals surface area contributed by atoms with Crippen LogP contribution in [0.2, 0.25) is 0 Å². The molecule has 0 fully saturated rings. The lowest BCUT2D eigenvalue weighted by molar-refractivity contribution is -0.141. The van der Waals surface area contributed by atoms with Crippen molar-refractivity contribution in [1.82, 2.24) is 5.32 Å². The van der Waals surface area contributed by atoms with Crippen molar-refractivity contribution < 1.29 is 14.7 Å². The normalized spacial score (nSPS) is 11.3. The number of unbranched alkanes of at least 4 members (excludes halogenated alkanes) is 1. The lowest BCUT2D eigenvalue weighted by atomic mass is 10.1. The molecule has 0 aliphatic rings. The van der Waals surface area contributed by atoms with Gasteiger partial charge < -0.3 is 16.2 Å². The molecule has 0 saturated heterocycles. The average Bonchev–Trinajstić information content (AvgIpc) is 2.16. The zero-order valence-electron chi connectivity index (χ0n) is 8.53. The van der Waals surface area contributed by atoms with Crippen LogP contribution in [0.15, 0.2) is 18.4 Å². The molecule has 1 amide bonds. The van der Waals surface area contributed by atoms with Crippen LogP contribution in [0.5, 0.6) is 0 Å². The van der Waals surface area contributed by atoms with Gasteiger partial charge in [0.05, 0.1) is 0 Å². The van der Waals surface area contributed by atoms with Gasteiger partial charge in [-0.3, -0.25) is 4.79 Å². The molecule has 4 N–H and O–H groups in total. The summed E-state index contributed by atoms with van der Waals surface area (Å²) >= 11 is 0. The van der Waals surface area contributed by atoms with E-state index < -0.39 is 17.9 Å². The summed E-state index contributed by atoms with van der Waals surface area (Å²) in [5, 5.41) is 11.1. The number of amides is 1. The Bertz CT molecular complexity index is 270. The molecule has 0 radical (unpaired) electrons. The summed E-state index contributed by atoms with van der Waals surface area (Å²) in [6.07, 6.45) is 2.87. The summed E-state index contributed by atoms with van der Waals surface area (Å²) in [6.45, 7) is 3.74. The lowest BCUT2D eigenvalue weighted by Gasteiger charge is -2.12. The maximum absolute atomic E-state index is 11.0. The first-order valence-electron chi connectivity index (χ1n) is 4.71. The molecule has 0 aliphatic carbocycles. The maximum atomic E-state index is 11.0. The van der Waals surface area contributed by atoms with E-state index >= 15 is 0 Å². The van der Waals surface area contributed by atoms with E-state index in [2.05, 4.69) is 17.6 Å². The molecule has 5 heteroatoms. The molecule has 0 spiro atoms. The van der Waals surface area contributed by atoms with Gasteiger partial charge in [-0.15, -0.1) is 5.73 Å². The molecular weight excluding hydrogens is 196 g/mol. The Morgan fingerprint density at radius 2 is 2.20 bits per heavy atom. The predicted molar refractivity (Wildman–Crippen MR) is 56.2 cm³/mol. The fraction of sp³-hybridized carbons (Fsp3) is 0.500. The number of nitrogens with one attached hydrogen (secondary N) is 1. The van der Waals surface area contributed by atoms with Crippen molar-refractivity contribution in [2.75, 3.05) is 6.54 Å². The molecule has 1 atom stereocenters. The number of carboxylic acid groups (broad SMARTS) is 1. The minimum Gasteiger partial charge on any atom is -0.480 e. The summed E-state index contributed by atoms with van der Waals surface area (Å²) in [7, 11) is 0. The molecule has 0 unspecified atom stereocenters. The molecule has 0 aromatic heterocycles. The smallest absolute Gasteiger partial charge is 0.326 e. The lowest BCUT2D eigenvalue weighted by Crippen LogP contribution is -2.39. The molecule has 0 bridgehead atoms. The van der Waals surface area contributed by atoms with Gasteiger partial charge in [0.15, 0.2) is 0 Å². The number of aliphatic carboxylic acids is 1. The maximum Gasteiger partial charge on any atom is 0.326 e. The number of hydrogen-bond donors (Lipinski definition) is 3. The standard InChI is InChI=1S/C10H16N2O3/c1-2-5-9(13)12-8(10(14)15)6-3-4-7-11/h5,8H,1,3-4,6-7,11H2,(H,12,13)(H,14,15)/t8-/m0/s1. The van der Waals surface area contributed by atoms with E-state index in [4.69, 9.17) is 10.8 Å². The van der Waals surface area contributed by atoms with E-state index in [1.54, 1.807) is 0 Å². The van der Waals surface area contributed by atoms with Crippen LogP contribution in [0.4, 0.5) is 0 Å². The monoisotopic (exact) mass is 212 g/mol. The molecular formula is C10H16N2O3. The SMILES string of the molecule is C=C=CC(=O)N[C@@H](CCCCN)C(=O)O. The van der Waals surface area contributed by atoms with E-state index in [1.165, 1.54) is 0 Å². The van der Waals surface area contributed by atoms with Gasteiger partial charge in [0.25, 0.3) is 5.91 Å². The fourth-order valence-corrected chi connectivity index (χ4v) is 1.06. The van der Waals surface area contributed by atoms with Gasteiger partial charge in [0.1, 0.15) is 6.04 Å². The van der Waals surface area contributed by atoms with Crippen LogP contribution in [0.1, 0.15) is 19.3 Å². The van der Waals surface area contributed by atoms with Crippen molar-refractivity contribution in [3.8, 4) is 0 Å². The zero-order chi connectivity index (χ0) is 11.7. The molecule has 0 aromatic carbocycles. The number of hydrogen-bond acceptors (Lipinski definition) is 3. The fourth-order valence-electron chi connectivity index (χ4n) is 1.06. The summed E-state index contributed by atoms with van der Waals surface area (Å²) in [5.74, 6) is -1.54. The van der Waals surface area contributed by atoms with Gasteiger partial charge in [-0.05, 0) is 25.8 Å². The Hall–Kier alpha value is -1.58. The van der Waals surface area contributed by atoms with Crippen molar-refractivity contribution in [2.45, 2.75) is 25.3 Å². The Kier molecular flexibility index (Phi) is 6.97. The third-order valence-electron chi connectivity index (χ3n) is 1.79. The number of carboxylic acids is 1. The molecule has 0 aliphatic heterocycles. The van der Waals surface area contributed by atoms with E-state index in [0.717, 1.165) is 12.5 Å². The number of nitrogens with two attached hydrogens (primary N) is 1. The summed E-state index contributed by atoms with van der Waals surface area (Å²) in [4.78, 5) is 21.8. The second-order valence-corrected chi connectivity index (χ2v) is 3.03. The van der Waals surface area contributed by atoms with Crippen molar-refractivity contribution in [2.24, 2.45) is 5.73 Å². The van der Waals surface area contributed by atoms with Crippen molar-refractivity contribution >= 4 is 11.9 Å². The van der Waals surface area contributed by atoms with Crippen LogP contribution >= 0.6 is 0 Å². The Balaban J connectivity index is 4.09. The highest BCUT2D eigenvalue weighted by Crippen LogP contribution is 2.00. The van der Waals surface area contributed by atoms with Crippen LogP contribution < -0.4 is 11.1 Å². The van der Waals surface area contributed by atoms with Gasteiger partial charge in [-0.1, -0.05) is 6.58 Å².